The molecule has 27 heavy (non-hydrogen) atoms. The van der Waals surface area contributed by atoms with Crippen molar-refractivity contribution in [2.75, 3.05) is 6.79 Å². The lowest BCUT2D eigenvalue weighted by Gasteiger charge is -2.15. The first-order valence-electron chi connectivity index (χ1n) is 8.54. The number of benzene rings is 2. The summed E-state index contributed by atoms with van der Waals surface area (Å²) >= 11 is 0. The Labute approximate surface area is 157 Å². The monoisotopic (exact) mass is 370 g/mol. The van der Waals surface area contributed by atoms with Crippen molar-refractivity contribution in [1.29, 1.82) is 0 Å². The average molecular weight is 370 g/mol. The molecule has 0 heterocycles. The predicted octanol–water partition coefficient (Wildman–Crippen LogP) is 4.06. The number of hydrogen-bond donors (Lipinski definition) is 2. The number of hydrogen-bond acceptors (Lipinski definition) is 5. The van der Waals surface area contributed by atoms with E-state index in [4.69, 9.17) is 14.6 Å². The topological polar surface area (TPSA) is 93.1 Å². The zero-order chi connectivity index (χ0) is 19.8. The first-order valence-corrected chi connectivity index (χ1v) is 8.54. The van der Waals surface area contributed by atoms with Crippen molar-refractivity contribution < 1.29 is 29.3 Å². The number of phenolic OH excluding ortho intramolecular Hbond substituents is 1. The number of Topliss-reactive ketones (excluding diaryl/α,β-unsaturated/α-hetero) is 1. The highest BCUT2D eigenvalue weighted by atomic mass is 16.7. The van der Waals surface area contributed by atoms with Crippen molar-refractivity contribution in [3.8, 4) is 17.2 Å². The lowest BCUT2D eigenvalue weighted by molar-refractivity contribution is -0.131. The molecule has 2 N–H and O–H groups in total. The van der Waals surface area contributed by atoms with Crippen LogP contribution in [0, 0.1) is 0 Å². The third kappa shape index (κ3) is 5.60. The van der Waals surface area contributed by atoms with E-state index in [1.807, 2.05) is 6.92 Å². The van der Waals surface area contributed by atoms with E-state index < -0.39 is 5.97 Å². The summed E-state index contributed by atoms with van der Waals surface area (Å²) in [6.45, 7) is 3.28. The molecule has 0 aliphatic heterocycles. The first-order chi connectivity index (χ1) is 12.9. The smallest absolute Gasteiger partial charge is 0.328 e. The summed E-state index contributed by atoms with van der Waals surface area (Å²) < 4.78 is 11.2. The zero-order valence-electron chi connectivity index (χ0n) is 15.3. The Bertz CT molecular complexity index is 854. The Balaban J connectivity index is 2.09. The fourth-order valence-electron chi connectivity index (χ4n) is 2.57. The van der Waals surface area contributed by atoms with Crippen molar-refractivity contribution in [2.24, 2.45) is 0 Å². The highest BCUT2D eigenvalue weighted by Gasteiger charge is 2.16. The van der Waals surface area contributed by atoms with Crippen molar-refractivity contribution in [3.05, 3.63) is 59.2 Å². The zero-order valence-corrected chi connectivity index (χ0v) is 15.3. The van der Waals surface area contributed by atoms with E-state index in [9.17, 15) is 14.7 Å². The molecule has 0 aromatic heterocycles. The molecule has 2 rings (SSSR count). The Morgan fingerprint density at radius 2 is 1.93 bits per heavy atom. The van der Waals surface area contributed by atoms with Crippen LogP contribution in [0.25, 0.3) is 6.08 Å². The molecule has 142 valence electrons. The van der Waals surface area contributed by atoms with E-state index in [1.165, 1.54) is 19.1 Å². The van der Waals surface area contributed by atoms with E-state index in [2.05, 4.69) is 0 Å². The quantitative estimate of drug-likeness (QED) is 0.393. The van der Waals surface area contributed by atoms with Crippen LogP contribution in [-0.2, 0) is 11.2 Å². The lowest BCUT2D eigenvalue weighted by atomic mass is 10.0. The molecule has 0 saturated carbocycles. The Morgan fingerprint density at radius 1 is 1.15 bits per heavy atom. The molecule has 0 aliphatic carbocycles. The summed E-state index contributed by atoms with van der Waals surface area (Å²) in [5.74, 6) is -0.311. The number of aliphatic carboxylic acids is 1. The Hall–Kier alpha value is -3.28. The van der Waals surface area contributed by atoms with Crippen LogP contribution >= 0.6 is 0 Å². The van der Waals surface area contributed by atoms with E-state index in [0.29, 0.717) is 29.0 Å². The third-order valence-electron chi connectivity index (χ3n) is 3.84. The molecule has 0 amide bonds. The van der Waals surface area contributed by atoms with E-state index in [-0.39, 0.29) is 23.9 Å². The van der Waals surface area contributed by atoms with Crippen LogP contribution in [0.1, 0.15) is 41.8 Å². The fraction of sp³-hybridized carbons (Fsp3) is 0.238. The highest BCUT2D eigenvalue weighted by molar-refractivity contribution is 5.97. The van der Waals surface area contributed by atoms with Gasteiger partial charge in [0.25, 0.3) is 0 Å². The van der Waals surface area contributed by atoms with Crippen molar-refractivity contribution in [1.82, 2.24) is 0 Å². The summed E-state index contributed by atoms with van der Waals surface area (Å²) in [4.78, 5) is 22.2. The summed E-state index contributed by atoms with van der Waals surface area (Å²) in [6.07, 6.45) is 3.86. The number of phenols is 1. The van der Waals surface area contributed by atoms with Crippen LogP contribution in [0.5, 0.6) is 17.2 Å². The summed E-state index contributed by atoms with van der Waals surface area (Å²) in [5.41, 5.74) is 1.53. The largest absolute Gasteiger partial charge is 0.507 e. The van der Waals surface area contributed by atoms with Gasteiger partial charge in [-0.05, 0) is 49.2 Å². The summed E-state index contributed by atoms with van der Waals surface area (Å²) in [5, 5.41) is 19.0. The maximum absolute atomic E-state index is 11.6. The summed E-state index contributed by atoms with van der Waals surface area (Å²) in [7, 11) is 0. The molecule has 2 aromatic carbocycles. The van der Waals surface area contributed by atoms with Crippen molar-refractivity contribution >= 4 is 17.8 Å². The minimum absolute atomic E-state index is 0.0531. The van der Waals surface area contributed by atoms with Gasteiger partial charge in [0.05, 0.1) is 5.56 Å². The maximum atomic E-state index is 11.6. The van der Waals surface area contributed by atoms with E-state index in [1.54, 1.807) is 30.3 Å². The van der Waals surface area contributed by atoms with Gasteiger partial charge < -0.3 is 19.7 Å². The van der Waals surface area contributed by atoms with Crippen molar-refractivity contribution in [3.63, 3.8) is 0 Å². The molecule has 0 spiro atoms. The maximum Gasteiger partial charge on any atom is 0.328 e. The van der Waals surface area contributed by atoms with Crippen LogP contribution in [0.15, 0.2) is 42.5 Å². The number of ketones is 1. The number of rotatable bonds is 9. The standard InChI is InChI=1S/C21H22O6/c1-3-5-18-19(10-9-17(14(2)22)21(18)25)27-13-26-16-7-4-6-15(12-16)8-11-20(23)24/h4,6-12,25H,3,5,13H2,1-2H3,(H,23,24). The minimum Gasteiger partial charge on any atom is -0.507 e. The molecular formula is C21H22O6. The Morgan fingerprint density at radius 3 is 2.59 bits per heavy atom. The van der Waals surface area contributed by atoms with Crippen LogP contribution in [-0.4, -0.2) is 28.8 Å². The van der Waals surface area contributed by atoms with Gasteiger partial charge in [-0.15, -0.1) is 0 Å². The molecule has 6 nitrogen and oxygen atoms in total. The van der Waals surface area contributed by atoms with E-state index >= 15 is 0 Å². The number of carboxylic acids is 1. The van der Waals surface area contributed by atoms with Gasteiger partial charge in [-0.1, -0.05) is 25.5 Å². The number of carboxylic acid groups (broad SMARTS) is 1. The van der Waals surface area contributed by atoms with Crippen molar-refractivity contribution in [2.45, 2.75) is 26.7 Å². The fourth-order valence-corrected chi connectivity index (χ4v) is 2.57. The first kappa shape index (κ1) is 20.0. The second-order valence-corrected chi connectivity index (χ2v) is 5.90. The summed E-state index contributed by atoms with van der Waals surface area (Å²) in [6, 6.07) is 10.1. The van der Waals surface area contributed by atoms with Gasteiger partial charge in [0.1, 0.15) is 17.2 Å². The van der Waals surface area contributed by atoms with Gasteiger partial charge in [0.15, 0.2) is 5.78 Å². The molecular weight excluding hydrogens is 348 g/mol. The minimum atomic E-state index is -1.03. The van der Waals surface area contributed by atoms with Gasteiger partial charge in [0, 0.05) is 11.6 Å². The SMILES string of the molecule is CCCc1c(OCOc2cccc(C=CC(=O)O)c2)ccc(C(C)=O)c1O. The highest BCUT2D eigenvalue weighted by Crippen LogP contribution is 2.33. The molecule has 0 aliphatic rings. The molecule has 2 aromatic rings. The van der Waals surface area contributed by atoms with Crippen LogP contribution in [0.2, 0.25) is 0 Å². The molecule has 0 fully saturated rings. The molecule has 0 radical (unpaired) electrons. The van der Waals surface area contributed by atoms with Gasteiger partial charge >= 0.3 is 5.97 Å². The van der Waals surface area contributed by atoms with E-state index in [0.717, 1.165) is 12.5 Å². The second-order valence-electron chi connectivity index (χ2n) is 5.90. The molecule has 6 heteroatoms. The van der Waals surface area contributed by atoms with Crippen LogP contribution < -0.4 is 9.47 Å². The predicted molar refractivity (Wildman–Crippen MR) is 101 cm³/mol. The normalized spacial score (nSPS) is 10.7. The lowest BCUT2D eigenvalue weighted by Crippen LogP contribution is -2.08. The molecule has 0 bridgehead atoms. The number of carbonyl (C=O) groups excluding carboxylic acids is 1. The average Bonchev–Trinajstić information content (AvgIpc) is 2.63. The van der Waals surface area contributed by atoms with Gasteiger partial charge in [-0.25, -0.2) is 4.79 Å². The number of ether oxygens (including phenoxy) is 2. The van der Waals surface area contributed by atoms with Gasteiger partial charge in [0.2, 0.25) is 6.79 Å². The number of carbonyl (C=O) groups is 2. The second kappa shape index (κ2) is 9.43. The van der Waals surface area contributed by atoms with Crippen LogP contribution in [0.4, 0.5) is 0 Å². The molecule has 0 saturated heterocycles. The molecule has 0 unspecified atom stereocenters. The van der Waals surface area contributed by atoms with Gasteiger partial charge in [-0.3, -0.25) is 4.79 Å². The number of aromatic hydroxyl groups is 1. The third-order valence-corrected chi connectivity index (χ3v) is 3.84. The molecule has 0 atom stereocenters. The Kier molecular flexibility index (Phi) is 7.00. The van der Waals surface area contributed by atoms with Crippen LogP contribution in [0.3, 0.4) is 0 Å². The van der Waals surface area contributed by atoms with Gasteiger partial charge in [-0.2, -0.15) is 0 Å².